The van der Waals surface area contributed by atoms with E-state index >= 15 is 0 Å². The molecule has 3 nitrogen and oxygen atoms in total. The zero-order chi connectivity index (χ0) is 11.7. The van der Waals surface area contributed by atoms with Gasteiger partial charge in [0.1, 0.15) is 11.3 Å². The number of fused-ring (bicyclic) bond motifs is 1. The van der Waals surface area contributed by atoms with Crippen LogP contribution in [-0.4, -0.2) is 15.6 Å². The molecule has 0 spiro atoms. The summed E-state index contributed by atoms with van der Waals surface area (Å²) < 4.78 is 15.4. The summed E-state index contributed by atoms with van der Waals surface area (Å²) in [5, 5.41) is 3.28. The van der Waals surface area contributed by atoms with Crippen LogP contribution in [0, 0.1) is 5.82 Å². The third kappa shape index (κ3) is 1.93. The van der Waals surface area contributed by atoms with E-state index in [-0.39, 0.29) is 5.82 Å². The highest BCUT2D eigenvalue weighted by molar-refractivity contribution is 5.76. The summed E-state index contributed by atoms with van der Waals surface area (Å²) in [5.41, 5.74) is 1.28. The molecule has 0 saturated carbocycles. The monoisotopic (exact) mass is 221 g/mol. The number of hydrogen-bond acceptors (Lipinski definition) is 2. The lowest BCUT2D eigenvalue weighted by Crippen LogP contribution is -2.23. The largest absolute Gasteiger partial charge is 0.330 e. The van der Waals surface area contributed by atoms with Gasteiger partial charge in [-0.3, -0.25) is 0 Å². The number of aryl methyl sites for hydroxylation is 1. The van der Waals surface area contributed by atoms with Gasteiger partial charge in [0, 0.05) is 13.1 Å². The van der Waals surface area contributed by atoms with Crippen molar-refractivity contribution in [3.63, 3.8) is 0 Å². The zero-order valence-corrected chi connectivity index (χ0v) is 9.79. The zero-order valence-electron chi connectivity index (χ0n) is 9.79. The van der Waals surface area contributed by atoms with Crippen LogP contribution in [0.1, 0.15) is 19.7 Å². The number of nitrogens with one attached hydrogen (secondary N) is 1. The molecule has 1 heterocycles. The van der Waals surface area contributed by atoms with Crippen molar-refractivity contribution in [1.82, 2.24) is 14.9 Å². The molecule has 1 aromatic carbocycles. The van der Waals surface area contributed by atoms with E-state index < -0.39 is 0 Å². The summed E-state index contributed by atoms with van der Waals surface area (Å²) in [6.07, 6.45) is 0. The highest BCUT2D eigenvalue weighted by Crippen LogP contribution is 2.17. The molecule has 0 atom stereocenters. The van der Waals surface area contributed by atoms with Crippen molar-refractivity contribution in [2.24, 2.45) is 7.05 Å². The molecule has 4 heteroatoms. The van der Waals surface area contributed by atoms with Gasteiger partial charge >= 0.3 is 0 Å². The number of imidazole rings is 1. The van der Waals surface area contributed by atoms with Crippen LogP contribution in [0.5, 0.6) is 0 Å². The molecule has 0 bridgehead atoms. The number of hydrogen-bond donors (Lipinski definition) is 1. The van der Waals surface area contributed by atoms with Gasteiger partial charge in [-0.1, -0.05) is 19.9 Å². The van der Waals surface area contributed by atoms with Crippen molar-refractivity contribution >= 4 is 11.0 Å². The van der Waals surface area contributed by atoms with Gasteiger partial charge in [0.25, 0.3) is 0 Å². The summed E-state index contributed by atoms with van der Waals surface area (Å²) in [6.45, 7) is 4.80. The van der Waals surface area contributed by atoms with Crippen LogP contribution in [0.2, 0.25) is 0 Å². The maximum Gasteiger partial charge on any atom is 0.151 e. The Morgan fingerprint density at radius 3 is 2.81 bits per heavy atom. The van der Waals surface area contributed by atoms with E-state index in [4.69, 9.17) is 0 Å². The molecule has 2 rings (SSSR count). The van der Waals surface area contributed by atoms with Crippen molar-refractivity contribution in [3.05, 3.63) is 29.8 Å². The van der Waals surface area contributed by atoms with Crippen LogP contribution < -0.4 is 5.32 Å². The molecule has 16 heavy (non-hydrogen) atoms. The van der Waals surface area contributed by atoms with Crippen LogP contribution in [0.4, 0.5) is 4.39 Å². The minimum Gasteiger partial charge on any atom is -0.330 e. The minimum absolute atomic E-state index is 0.260. The third-order valence-corrected chi connectivity index (χ3v) is 2.62. The Hall–Kier alpha value is -1.42. The van der Waals surface area contributed by atoms with Crippen LogP contribution in [0.15, 0.2) is 18.2 Å². The Morgan fingerprint density at radius 1 is 1.44 bits per heavy atom. The van der Waals surface area contributed by atoms with E-state index in [1.807, 2.05) is 17.7 Å². The SMILES string of the molecule is CC(C)NCc1nc2c(F)cccc2n1C. The molecule has 0 amide bonds. The first kappa shape index (κ1) is 11.1. The van der Waals surface area contributed by atoms with Gasteiger partial charge in [-0.2, -0.15) is 0 Å². The van der Waals surface area contributed by atoms with Crippen molar-refractivity contribution in [2.45, 2.75) is 26.4 Å². The summed E-state index contributed by atoms with van der Waals surface area (Å²) in [5.74, 6) is 0.595. The topological polar surface area (TPSA) is 29.9 Å². The van der Waals surface area contributed by atoms with Crippen molar-refractivity contribution in [1.29, 1.82) is 0 Å². The smallest absolute Gasteiger partial charge is 0.151 e. The molecule has 1 aromatic heterocycles. The average molecular weight is 221 g/mol. The van der Waals surface area contributed by atoms with E-state index in [1.54, 1.807) is 6.07 Å². The molecule has 0 unspecified atom stereocenters. The Labute approximate surface area is 94.3 Å². The van der Waals surface area contributed by atoms with Crippen molar-refractivity contribution in [3.8, 4) is 0 Å². The second kappa shape index (κ2) is 4.22. The number of halogens is 1. The standard InChI is InChI=1S/C12H16FN3/c1-8(2)14-7-11-15-12-9(13)5-4-6-10(12)16(11)3/h4-6,8,14H,7H2,1-3H3. The van der Waals surface area contributed by atoms with Gasteiger partial charge in [0.05, 0.1) is 12.1 Å². The molecule has 0 radical (unpaired) electrons. The van der Waals surface area contributed by atoms with Crippen molar-refractivity contribution < 1.29 is 4.39 Å². The average Bonchev–Trinajstić information content (AvgIpc) is 2.55. The quantitative estimate of drug-likeness (QED) is 0.861. The molecule has 0 saturated heterocycles. The maximum absolute atomic E-state index is 13.5. The number of benzene rings is 1. The molecule has 0 aliphatic rings. The van der Waals surface area contributed by atoms with Gasteiger partial charge in [-0.15, -0.1) is 0 Å². The van der Waals surface area contributed by atoms with E-state index in [1.165, 1.54) is 6.07 Å². The molecule has 0 fully saturated rings. The molecule has 0 aliphatic carbocycles. The highest BCUT2D eigenvalue weighted by atomic mass is 19.1. The Bertz CT molecular complexity index is 502. The van der Waals surface area contributed by atoms with Crippen molar-refractivity contribution in [2.75, 3.05) is 0 Å². The second-order valence-corrected chi connectivity index (χ2v) is 4.23. The number of aromatic nitrogens is 2. The first-order chi connectivity index (χ1) is 7.59. The van der Waals surface area contributed by atoms with E-state index in [0.717, 1.165) is 11.3 Å². The summed E-state index contributed by atoms with van der Waals surface area (Å²) in [7, 11) is 1.91. The third-order valence-electron chi connectivity index (χ3n) is 2.62. The van der Waals surface area contributed by atoms with Gasteiger partial charge in [-0.05, 0) is 12.1 Å². The molecular formula is C12H16FN3. The lowest BCUT2D eigenvalue weighted by Gasteiger charge is -2.07. The lowest BCUT2D eigenvalue weighted by atomic mass is 10.3. The molecule has 86 valence electrons. The predicted octanol–water partition coefficient (Wildman–Crippen LogP) is 2.21. The van der Waals surface area contributed by atoms with Gasteiger partial charge in [0.15, 0.2) is 5.82 Å². The summed E-state index contributed by atoms with van der Waals surface area (Å²) in [6, 6.07) is 5.42. The highest BCUT2D eigenvalue weighted by Gasteiger charge is 2.10. The van der Waals surface area contributed by atoms with Crippen LogP contribution >= 0.6 is 0 Å². The Morgan fingerprint density at radius 2 is 2.19 bits per heavy atom. The van der Waals surface area contributed by atoms with E-state index in [9.17, 15) is 4.39 Å². The number of para-hydroxylation sites is 1. The lowest BCUT2D eigenvalue weighted by molar-refractivity contribution is 0.563. The van der Waals surface area contributed by atoms with Gasteiger partial charge in [-0.25, -0.2) is 9.37 Å². The maximum atomic E-state index is 13.5. The minimum atomic E-state index is -0.260. The molecule has 1 N–H and O–H groups in total. The summed E-state index contributed by atoms with van der Waals surface area (Å²) in [4.78, 5) is 4.31. The fraction of sp³-hybridized carbons (Fsp3) is 0.417. The fourth-order valence-electron chi connectivity index (χ4n) is 1.68. The van der Waals surface area contributed by atoms with Crippen LogP contribution in [0.3, 0.4) is 0 Å². The molecule has 2 aromatic rings. The summed E-state index contributed by atoms with van der Waals surface area (Å²) >= 11 is 0. The van der Waals surface area contributed by atoms with Crippen LogP contribution in [-0.2, 0) is 13.6 Å². The number of rotatable bonds is 3. The Balaban J connectivity index is 2.40. The van der Waals surface area contributed by atoms with Gasteiger partial charge in [0.2, 0.25) is 0 Å². The number of nitrogens with zero attached hydrogens (tertiary/aromatic N) is 2. The fourth-order valence-corrected chi connectivity index (χ4v) is 1.68. The van der Waals surface area contributed by atoms with E-state index in [0.29, 0.717) is 18.1 Å². The second-order valence-electron chi connectivity index (χ2n) is 4.23. The predicted molar refractivity (Wildman–Crippen MR) is 62.6 cm³/mol. The Kier molecular flexibility index (Phi) is 2.92. The molecule has 0 aliphatic heterocycles. The first-order valence-electron chi connectivity index (χ1n) is 5.43. The van der Waals surface area contributed by atoms with Crippen LogP contribution in [0.25, 0.3) is 11.0 Å². The van der Waals surface area contributed by atoms with Gasteiger partial charge < -0.3 is 9.88 Å². The van der Waals surface area contributed by atoms with E-state index in [2.05, 4.69) is 24.1 Å². The molecular weight excluding hydrogens is 205 g/mol. The first-order valence-corrected chi connectivity index (χ1v) is 5.43. The normalized spacial score (nSPS) is 11.6.